The number of primary amides is 1. The molecule has 0 aromatic heterocycles. The lowest BCUT2D eigenvalue weighted by atomic mass is 9.97. The Morgan fingerprint density at radius 2 is 2.10 bits per heavy atom. The van der Waals surface area contributed by atoms with Gasteiger partial charge in [-0.15, -0.1) is 0 Å². The van der Waals surface area contributed by atoms with Crippen molar-refractivity contribution in [2.24, 2.45) is 11.5 Å². The number of hydrogen-bond acceptors (Lipinski definition) is 6. The Labute approximate surface area is 122 Å². The largest absolute Gasteiger partial charge is 0.493 e. The molecule has 0 aliphatic rings. The Morgan fingerprint density at radius 1 is 1.43 bits per heavy atom. The SMILES string of the molecule is COc1cc([N+](=O)[O-])ccc1OCCCC(C)(N)C(N)=O. The van der Waals surface area contributed by atoms with E-state index in [0.29, 0.717) is 18.6 Å². The molecule has 1 aromatic rings. The van der Waals surface area contributed by atoms with Crippen molar-refractivity contribution in [1.29, 1.82) is 0 Å². The second-order valence-corrected chi connectivity index (χ2v) is 4.83. The van der Waals surface area contributed by atoms with Crippen molar-refractivity contribution in [2.45, 2.75) is 25.3 Å². The number of nitro groups is 1. The van der Waals surface area contributed by atoms with E-state index in [9.17, 15) is 14.9 Å². The summed E-state index contributed by atoms with van der Waals surface area (Å²) in [5.41, 5.74) is 9.72. The molecule has 0 radical (unpaired) electrons. The molecule has 0 spiro atoms. The number of hydrogen-bond donors (Lipinski definition) is 2. The molecule has 8 heteroatoms. The van der Waals surface area contributed by atoms with Crippen LogP contribution in [0.25, 0.3) is 0 Å². The number of non-ortho nitro benzene ring substituents is 1. The van der Waals surface area contributed by atoms with Crippen LogP contribution < -0.4 is 20.9 Å². The van der Waals surface area contributed by atoms with Gasteiger partial charge in [0.05, 0.1) is 30.2 Å². The first-order valence-corrected chi connectivity index (χ1v) is 6.32. The Morgan fingerprint density at radius 3 is 2.62 bits per heavy atom. The molecule has 8 nitrogen and oxygen atoms in total. The molecule has 21 heavy (non-hydrogen) atoms. The summed E-state index contributed by atoms with van der Waals surface area (Å²) in [6, 6.07) is 4.08. The first-order valence-electron chi connectivity index (χ1n) is 6.32. The van der Waals surface area contributed by atoms with E-state index in [2.05, 4.69) is 0 Å². The summed E-state index contributed by atoms with van der Waals surface area (Å²) in [6.07, 6.45) is 0.883. The van der Waals surface area contributed by atoms with Crippen LogP contribution in [0.2, 0.25) is 0 Å². The van der Waals surface area contributed by atoms with E-state index in [1.807, 2.05) is 0 Å². The summed E-state index contributed by atoms with van der Waals surface area (Å²) in [4.78, 5) is 21.2. The Hall–Kier alpha value is -2.35. The van der Waals surface area contributed by atoms with Crippen molar-refractivity contribution < 1.29 is 19.2 Å². The molecular formula is C13H19N3O5. The Balaban J connectivity index is 2.60. The zero-order chi connectivity index (χ0) is 16.0. The van der Waals surface area contributed by atoms with E-state index in [1.165, 1.54) is 25.3 Å². The lowest BCUT2D eigenvalue weighted by Gasteiger charge is -2.20. The van der Waals surface area contributed by atoms with Gasteiger partial charge in [-0.05, 0) is 25.8 Å². The lowest BCUT2D eigenvalue weighted by molar-refractivity contribution is -0.385. The van der Waals surface area contributed by atoms with E-state index in [4.69, 9.17) is 20.9 Å². The molecule has 0 bridgehead atoms. The van der Waals surface area contributed by atoms with Crippen LogP contribution in [0.15, 0.2) is 18.2 Å². The summed E-state index contributed by atoms with van der Waals surface area (Å²) in [5, 5.41) is 10.7. The normalized spacial score (nSPS) is 13.3. The van der Waals surface area contributed by atoms with Crippen LogP contribution in [-0.4, -0.2) is 30.1 Å². The number of carbonyl (C=O) groups excluding carboxylic acids is 1. The molecule has 116 valence electrons. The molecule has 0 heterocycles. The number of benzene rings is 1. The number of ether oxygens (including phenoxy) is 2. The maximum atomic E-state index is 11.1. The molecule has 0 saturated heterocycles. The van der Waals surface area contributed by atoms with Gasteiger partial charge in [0.15, 0.2) is 11.5 Å². The number of rotatable bonds is 8. The molecule has 4 N–H and O–H groups in total. The average molecular weight is 297 g/mol. The van der Waals surface area contributed by atoms with Gasteiger partial charge in [0.2, 0.25) is 5.91 Å². The standard InChI is InChI=1S/C13H19N3O5/c1-13(15,12(14)17)6-3-7-21-10-5-4-9(16(18)19)8-11(10)20-2/h4-5,8H,3,6-7,15H2,1-2H3,(H2,14,17). The first kappa shape index (κ1) is 16.7. The maximum absolute atomic E-state index is 11.1. The van der Waals surface area contributed by atoms with Crippen molar-refractivity contribution >= 4 is 11.6 Å². The van der Waals surface area contributed by atoms with Crippen molar-refractivity contribution in [2.75, 3.05) is 13.7 Å². The fourth-order valence-corrected chi connectivity index (χ4v) is 1.63. The predicted octanol–water partition coefficient (Wildman–Crippen LogP) is 0.965. The van der Waals surface area contributed by atoms with Gasteiger partial charge < -0.3 is 20.9 Å². The molecule has 1 rings (SSSR count). The molecule has 0 aliphatic heterocycles. The number of nitrogens with zero attached hydrogens (tertiary/aromatic N) is 1. The molecule has 1 aromatic carbocycles. The molecule has 1 atom stereocenters. The van der Waals surface area contributed by atoms with Gasteiger partial charge in [-0.1, -0.05) is 0 Å². The third-order valence-corrected chi connectivity index (χ3v) is 3.02. The van der Waals surface area contributed by atoms with E-state index >= 15 is 0 Å². The molecular weight excluding hydrogens is 278 g/mol. The van der Waals surface area contributed by atoms with E-state index in [0.717, 1.165) is 0 Å². The van der Waals surface area contributed by atoms with Gasteiger partial charge in [0.1, 0.15) is 0 Å². The number of methoxy groups -OCH3 is 1. The van der Waals surface area contributed by atoms with Gasteiger partial charge in [0, 0.05) is 6.07 Å². The average Bonchev–Trinajstić information content (AvgIpc) is 2.43. The van der Waals surface area contributed by atoms with Crippen LogP contribution in [0, 0.1) is 10.1 Å². The van der Waals surface area contributed by atoms with E-state index < -0.39 is 16.4 Å². The first-order chi connectivity index (χ1) is 9.77. The van der Waals surface area contributed by atoms with Crippen LogP contribution in [0.1, 0.15) is 19.8 Å². The summed E-state index contributed by atoms with van der Waals surface area (Å²) in [7, 11) is 1.40. The molecule has 0 fully saturated rings. The van der Waals surface area contributed by atoms with Crippen LogP contribution >= 0.6 is 0 Å². The smallest absolute Gasteiger partial charge is 0.273 e. The highest BCUT2D eigenvalue weighted by atomic mass is 16.6. The zero-order valence-corrected chi connectivity index (χ0v) is 12.0. The molecule has 0 aliphatic carbocycles. The van der Waals surface area contributed by atoms with Gasteiger partial charge >= 0.3 is 0 Å². The molecule has 1 amide bonds. The fraction of sp³-hybridized carbons (Fsp3) is 0.462. The van der Waals surface area contributed by atoms with Crippen LogP contribution in [0.4, 0.5) is 5.69 Å². The number of nitrogens with two attached hydrogens (primary N) is 2. The summed E-state index contributed by atoms with van der Waals surface area (Å²) < 4.78 is 10.5. The molecule has 1 unspecified atom stereocenters. The second-order valence-electron chi connectivity index (χ2n) is 4.83. The Bertz CT molecular complexity index is 531. The van der Waals surface area contributed by atoms with E-state index in [-0.39, 0.29) is 18.0 Å². The quantitative estimate of drug-likeness (QED) is 0.417. The Kier molecular flexibility index (Phi) is 5.48. The van der Waals surface area contributed by atoms with Crippen LogP contribution in [-0.2, 0) is 4.79 Å². The minimum atomic E-state index is -1.08. The number of carbonyl (C=O) groups is 1. The third kappa shape index (κ3) is 4.60. The number of nitro benzene ring substituents is 1. The highest BCUT2D eigenvalue weighted by molar-refractivity contribution is 5.83. The van der Waals surface area contributed by atoms with Gasteiger partial charge in [-0.25, -0.2) is 0 Å². The highest BCUT2D eigenvalue weighted by Crippen LogP contribution is 2.31. The third-order valence-electron chi connectivity index (χ3n) is 3.02. The minimum Gasteiger partial charge on any atom is -0.493 e. The fourth-order valence-electron chi connectivity index (χ4n) is 1.63. The van der Waals surface area contributed by atoms with Crippen molar-refractivity contribution in [1.82, 2.24) is 0 Å². The topological polar surface area (TPSA) is 131 Å². The van der Waals surface area contributed by atoms with Crippen LogP contribution in [0.5, 0.6) is 11.5 Å². The maximum Gasteiger partial charge on any atom is 0.273 e. The highest BCUT2D eigenvalue weighted by Gasteiger charge is 2.24. The monoisotopic (exact) mass is 297 g/mol. The predicted molar refractivity (Wildman–Crippen MR) is 76.2 cm³/mol. The summed E-state index contributed by atoms with van der Waals surface area (Å²) in [6.45, 7) is 1.84. The minimum absolute atomic E-state index is 0.0811. The summed E-state index contributed by atoms with van der Waals surface area (Å²) in [5.74, 6) is 0.0888. The summed E-state index contributed by atoms with van der Waals surface area (Å²) >= 11 is 0. The lowest BCUT2D eigenvalue weighted by Crippen LogP contribution is -2.49. The van der Waals surface area contributed by atoms with Gasteiger partial charge in [0.25, 0.3) is 5.69 Å². The number of amides is 1. The van der Waals surface area contributed by atoms with Crippen molar-refractivity contribution in [3.63, 3.8) is 0 Å². The van der Waals surface area contributed by atoms with Crippen LogP contribution in [0.3, 0.4) is 0 Å². The van der Waals surface area contributed by atoms with E-state index in [1.54, 1.807) is 6.92 Å². The van der Waals surface area contributed by atoms with Gasteiger partial charge in [-0.2, -0.15) is 0 Å². The second kappa shape index (κ2) is 6.89. The molecule has 0 saturated carbocycles. The zero-order valence-electron chi connectivity index (χ0n) is 12.0. The van der Waals surface area contributed by atoms with Crippen molar-refractivity contribution in [3.05, 3.63) is 28.3 Å². The van der Waals surface area contributed by atoms with Gasteiger partial charge in [-0.3, -0.25) is 14.9 Å². The van der Waals surface area contributed by atoms with Crippen molar-refractivity contribution in [3.8, 4) is 11.5 Å².